The van der Waals surface area contributed by atoms with Gasteiger partial charge in [0.15, 0.2) is 5.13 Å². The van der Waals surface area contributed by atoms with Gasteiger partial charge >= 0.3 is 0 Å². The highest BCUT2D eigenvalue weighted by Gasteiger charge is 2.22. The Bertz CT molecular complexity index is 987. The molecule has 1 fully saturated rings. The van der Waals surface area contributed by atoms with Crippen molar-refractivity contribution >= 4 is 32.6 Å². The summed E-state index contributed by atoms with van der Waals surface area (Å²) < 4.78 is 33.4. The van der Waals surface area contributed by atoms with Crippen LogP contribution in [0.1, 0.15) is 16.8 Å². The van der Waals surface area contributed by atoms with E-state index in [1.165, 1.54) is 41.7 Å². The number of halogens is 2. The maximum atomic E-state index is 14.1. The first-order chi connectivity index (χ1) is 14.1. The van der Waals surface area contributed by atoms with E-state index < -0.39 is 11.6 Å². The number of morpholine rings is 1. The summed E-state index contributed by atoms with van der Waals surface area (Å²) in [6.45, 7) is 4.45. The fourth-order valence-corrected chi connectivity index (χ4v) is 4.33. The first kappa shape index (κ1) is 19.9. The average molecular weight is 417 g/mol. The lowest BCUT2D eigenvalue weighted by Gasteiger charge is -2.27. The van der Waals surface area contributed by atoms with Gasteiger partial charge in [0, 0.05) is 31.7 Å². The summed E-state index contributed by atoms with van der Waals surface area (Å²) in [6.07, 6.45) is 0.741. The number of para-hydroxylation sites is 1. The Morgan fingerprint density at radius 1 is 1.14 bits per heavy atom. The molecule has 0 spiro atoms. The van der Waals surface area contributed by atoms with Crippen LogP contribution in [0.15, 0.2) is 42.5 Å². The summed E-state index contributed by atoms with van der Waals surface area (Å²) in [5, 5.41) is 0.446. The summed E-state index contributed by atoms with van der Waals surface area (Å²) in [5.74, 6) is -1.08. The Hall–Kier alpha value is -2.42. The monoisotopic (exact) mass is 417 g/mol. The van der Waals surface area contributed by atoms with Gasteiger partial charge in [0.2, 0.25) is 0 Å². The third-order valence-corrected chi connectivity index (χ3v) is 5.93. The number of carbonyl (C=O) groups excluding carboxylic acids is 1. The topological polar surface area (TPSA) is 45.7 Å². The van der Waals surface area contributed by atoms with Crippen molar-refractivity contribution in [1.82, 2.24) is 9.88 Å². The highest BCUT2D eigenvalue weighted by Crippen LogP contribution is 2.31. The molecule has 0 atom stereocenters. The number of hydrogen-bond donors (Lipinski definition) is 0. The standard InChI is InChI=1S/C21H21F2N3O2S/c22-16-7-5-15(6-8-16)20(27)26(10-2-9-25-11-13-28-14-12-25)21-24-19-17(23)3-1-4-18(19)29-21/h1,3-8H,2,9-14H2. The van der Waals surface area contributed by atoms with E-state index in [9.17, 15) is 13.6 Å². The van der Waals surface area contributed by atoms with Gasteiger partial charge in [-0.3, -0.25) is 14.6 Å². The van der Waals surface area contributed by atoms with Crippen molar-refractivity contribution < 1.29 is 18.3 Å². The number of hydrogen-bond acceptors (Lipinski definition) is 5. The number of fused-ring (bicyclic) bond motifs is 1. The van der Waals surface area contributed by atoms with Crippen LogP contribution in [0.2, 0.25) is 0 Å². The molecule has 1 aliphatic heterocycles. The van der Waals surface area contributed by atoms with E-state index in [-0.39, 0.29) is 11.4 Å². The van der Waals surface area contributed by atoms with Gasteiger partial charge in [-0.1, -0.05) is 17.4 Å². The predicted molar refractivity (Wildman–Crippen MR) is 110 cm³/mol. The fraction of sp³-hybridized carbons (Fsp3) is 0.333. The molecule has 3 aromatic rings. The van der Waals surface area contributed by atoms with Crippen LogP contribution in [0.4, 0.5) is 13.9 Å². The summed E-state index contributed by atoms with van der Waals surface area (Å²) in [7, 11) is 0. The zero-order valence-electron chi connectivity index (χ0n) is 15.8. The molecule has 0 aliphatic carbocycles. The SMILES string of the molecule is O=C(c1ccc(F)cc1)N(CCCN1CCOCC1)c1nc2c(F)cccc2s1. The largest absolute Gasteiger partial charge is 0.379 e. The van der Waals surface area contributed by atoms with Gasteiger partial charge in [-0.15, -0.1) is 0 Å². The number of ether oxygens (including phenoxy) is 1. The molecule has 0 bridgehead atoms. The second kappa shape index (κ2) is 8.94. The number of anilines is 1. The van der Waals surface area contributed by atoms with Crippen molar-refractivity contribution in [3.63, 3.8) is 0 Å². The van der Waals surface area contributed by atoms with Crippen molar-refractivity contribution in [2.24, 2.45) is 0 Å². The molecule has 0 saturated carbocycles. The number of rotatable bonds is 6. The first-order valence-corrected chi connectivity index (χ1v) is 10.4. The van der Waals surface area contributed by atoms with E-state index in [1.54, 1.807) is 17.0 Å². The molecule has 0 N–H and O–H groups in total. The zero-order valence-corrected chi connectivity index (χ0v) is 16.6. The van der Waals surface area contributed by atoms with E-state index in [0.29, 0.717) is 21.9 Å². The van der Waals surface area contributed by atoms with E-state index in [2.05, 4.69) is 9.88 Å². The molecule has 29 heavy (non-hydrogen) atoms. The van der Waals surface area contributed by atoms with Gasteiger partial charge in [0.1, 0.15) is 17.2 Å². The second-order valence-electron chi connectivity index (χ2n) is 6.85. The lowest BCUT2D eigenvalue weighted by Crippen LogP contribution is -2.39. The van der Waals surface area contributed by atoms with Crippen LogP contribution in [-0.4, -0.2) is 55.2 Å². The summed E-state index contributed by atoms with van der Waals surface area (Å²) >= 11 is 1.28. The van der Waals surface area contributed by atoms with Gasteiger partial charge in [0.05, 0.1) is 17.9 Å². The smallest absolute Gasteiger partial charge is 0.260 e. The second-order valence-corrected chi connectivity index (χ2v) is 7.86. The highest BCUT2D eigenvalue weighted by atomic mass is 32.1. The Labute approximate surface area is 171 Å². The number of thiazole rings is 1. The van der Waals surface area contributed by atoms with Crippen LogP contribution in [0.5, 0.6) is 0 Å². The van der Waals surface area contributed by atoms with Crippen LogP contribution in [0, 0.1) is 11.6 Å². The van der Waals surface area contributed by atoms with E-state index in [0.717, 1.165) is 39.3 Å². The number of benzene rings is 2. The summed E-state index contributed by atoms with van der Waals surface area (Å²) in [4.78, 5) is 21.4. The van der Waals surface area contributed by atoms with Crippen LogP contribution < -0.4 is 4.90 Å². The Kier molecular flexibility index (Phi) is 6.13. The zero-order chi connectivity index (χ0) is 20.2. The lowest BCUT2D eigenvalue weighted by atomic mass is 10.2. The Morgan fingerprint density at radius 3 is 2.62 bits per heavy atom. The molecule has 2 aromatic carbocycles. The van der Waals surface area contributed by atoms with Gasteiger partial charge in [0.25, 0.3) is 5.91 Å². The molecule has 1 saturated heterocycles. The maximum Gasteiger partial charge on any atom is 0.260 e. The third-order valence-electron chi connectivity index (χ3n) is 4.89. The van der Waals surface area contributed by atoms with Gasteiger partial charge in [-0.25, -0.2) is 13.8 Å². The lowest BCUT2D eigenvalue weighted by molar-refractivity contribution is 0.0376. The Balaban J connectivity index is 1.57. The number of nitrogens with zero attached hydrogens (tertiary/aromatic N) is 3. The average Bonchev–Trinajstić information content (AvgIpc) is 3.17. The number of amides is 1. The molecule has 2 heterocycles. The number of carbonyl (C=O) groups is 1. The van der Waals surface area contributed by atoms with Crippen LogP contribution in [0.3, 0.4) is 0 Å². The summed E-state index contributed by atoms with van der Waals surface area (Å²) in [5.41, 5.74) is 0.634. The highest BCUT2D eigenvalue weighted by molar-refractivity contribution is 7.22. The predicted octanol–water partition coefficient (Wildman–Crippen LogP) is 3.94. The normalized spacial score (nSPS) is 15.0. The molecular weight excluding hydrogens is 396 g/mol. The van der Waals surface area contributed by atoms with Crippen molar-refractivity contribution in [1.29, 1.82) is 0 Å². The molecule has 1 aromatic heterocycles. The van der Waals surface area contributed by atoms with Crippen molar-refractivity contribution in [2.75, 3.05) is 44.3 Å². The fourth-order valence-electron chi connectivity index (χ4n) is 3.33. The minimum Gasteiger partial charge on any atom is -0.379 e. The Morgan fingerprint density at radius 2 is 1.90 bits per heavy atom. The molecule has 4 rings (SSSR count). The van der Waals surface area contributed by atoms with Crippen LogP contribution >= 0.6 is 11.3 Å². The third kappa shape index (κ3) is 4.60. The van der Waals surface area contributed by atoms with E-state index in [4.69, 9.17) is 4.74 Å². The quantitative estimate of drug-likeness (QED) is 0.610. The van der Waals surface area contributed by atoms with Gasteiger partial charge in [-0.2, -0.15) is 0 Å². The molecule has 0 unspecified atom stereocenters. The van der Waals surface area contributed by atoms with Crippen molar-refractivity contribution in [2.45, 2.75) is 6.42 Å². The van der Waals surface area contributed by atoms with Gasteiger partial charge < -0.3 is 4.74 Å². The maximum absolute atomic E-state index is 14.1. The molecule has 1 amide bonds. The first-order valence-electron chi connectivity index (χ1n) is 9.54. The van der Waals surface area contributed by atoms with E-state index >= 15 is 0 Å². The van der Waals surface area contributed by atoms with Crippen molar-refractivity contribution in [3.05, 3.63) is 59.7 Å². The molecule has 5 nitrogen and oxygen atoms in total. The van der Waals surface area contributed by atoms with E-state index in [1.807, 2.05) is 0 Å². The van der Waals surface area contributed by atoms with Crippen LogP contribution in [0.25, 0.3) is 10.2 Å². The molecule has 152 valence electrons. The summed E-state index contributed by atoms with van der Waals surface area (Å²) in [6, 6.07) is 10.2. The minimum absolute atomic E-state index is 0.262. The molecular formula is C21H21F2N3O2S. The molecule has 1 aliphatic rings. The minimum atomic E-state index is -0.410. The van der Waals surface area contributed by atoms with Gasteiger partial charge in [-0.05, 0) is 42.8 Å². The number of aromatic nitrogens is 1. The molecule has 0 radical (unpaired) electrons. The van der Waals surface area contributed by atoms with Crippen LogP contribution in [-0.2, 0) is 4.74 Å². The van der Waals surface area contributed by atoms with Crippen molar-refractivity contribution in [3.8, 4) is 0 Å². The molecule has 8 heteroatoms.